The van der Waals surface area contributed by atoms with E-state index in [0.717, 1.165) is 0 Å². The molecule has 2 amide bonds. The van der Waals surface area contributed by atoms with Gasteiger partial charge in [-0.2, -0.15) is 5.10 Å². The molecule has 6 nitrogen and oxygen atoms in total. The van der Waals surface area contributed by atoms with E-state index in [9.17, 15) is 9.59 Å². The molecule has 0 saturated carbocycles. The highest BCUT2D eigenvalue weighted by Crippen LogP contribution is 2.15. The predicted molar refractivity (Wildman–Crippen MR) is 81.1 cm³/mol. The summed E-state index contributed by atoms with van der Waals surface area (Å²) in [5, 5.41) is 8.64. The van der Waals surface area contributed by atoms with Crippen LogP contribution in [-0.2, 0) is 9.59 Å². The number of hydrogen-bond acceptors (Lipinski definition) is 4. The van der Waals surface area contributed by atoms with Crippen LogP contribution in [0.2, 0.25) is 5.02 Å². The fourth-order valence-corrected chi connectivity index (χ4v) is 2.07. The van der Waals surface area contributed by atoms with E-state index >= 15 is 0 Å². The molecule has 0 aromatic carbocycles. The summed E-state index contributed by atoms with van der Waals surface area (Å²) >= 11 is 5.84. The number of aromatic nitrogens is 1. The number of hydrazone groups is 1. The highest BCUT2D eigenvalue weighted by Gasteiger charge is 2.25. The lowest BCUT2D eigenvalue weighted by Gasteiger charge is -2.24. The van der Waals surface area contributed by atoms with Gasteiger partial charge in [-0.3, -0.25) is 9.59 Å². The lowest BCUT2D eigenvalue weighted by atomic mass is 10.1. The van der Waals surface area contributed by atoms with Crippen LogP contribution >= 0.6 is 11.6 Å². The van der Waals surface area contributed by atoms with Crippen molar-refractivity contribution in [2.75, 3.05) is 11.9 Å². The molecule has 1 aliphatic heterocycles. The molecule has 0 atom stereocenters. The first-order valence-corrected chi connectivity index (χ1v) is 7.14. The molecule has 0 spiro atoms. The number of rotatable bonds is 4. The summed E-state index contributed by atoms with van der Waals surface area (Å²) in [6.45, 7) is 4.49. The Morgan fingerprint density at radius 1 is 1.48 bits per heavy atom. The maximum atomic E-state index is 12.2. The van der Waals surface area contributed by atoms with Crippen molar-refractivity contribution < 1.29 is 9.59 Å². The van der Waals surface area contributed by atoms with Crippen LogP contribution < -0.4 is 5.32 Å². The van der Waals surface area contributed by atoms with Gasteiger partial charge in [0.2, 0.25) is 5.91 Å². The predicted octanol–water partition coefficient (Wildman–Crippen LogP) is 2.31. The van der Waals surface area contributed by atoms with E-state index in [2.05, 4.69) is 15.4 Å². The summed E-state index contributed by atoms with van der Waals surface area (Å²) in [6, 6.07) is 3.18. The normalized spacial score (nSPS) is 15.1. The first-order chi connectivity index (χ1) is 9.95. The average Bonchev–Trinajstić information content (AvgIpc) is 2.40. The molecular weight excluding hydrogens is 292 g/mol. The van der Waals surface area contributed by atoms with Crippen LogP contribution in [0.25, 0.3) is 0 Å². The van der Waals surface area contributed by atoms with E-state index in [4.69, 9.17) is 11.6 Å². The number of halogens is 1. The molecule has 0 aliphatic carbocycles. The molecule has 0 saturated heterocycles. The standard InChI is InChI=1S/C14H17ClN4O2/c1-9(2)8-19-13(20)4-3-11(18-19)14(21)17-12-7-10(15)5-6-16-12/h5-7,9H,3-4,8H2,1-2H3,(H,16,17,21). The first-order valence-electron chi connectivity index (χ1n) is 6.76. The van der Waals surface area contributed by atoms with Crippen LogP contribution in [0.3, 0.4) is 0 Å². The molecule has 2 heterocycles. The number of anilines is 1. The van der Waals surface area contributed by atoms with Crippen molar-refractivity contribution in [2.45, 2.75) is 26.7 Å². The number of nitrogens with zero attached hydrogens (tertiary/aromatic N) is 3. The largest absolute Gasteiger partial charge is 0.305 e. The van der Waals surface area contributed by atoms with Crippen molar-refractivity contribution in [1.29, 1.82) is 0 Å². The van der Waals surface area contributed by atoms with Crippen LogP contribution in [0.5, 0.6) is 0 Å². The van der Waals surface area contributed by atoms with Crippen molar-refractivity contribution >= 4 is 34.9 Å². The average molecular weight is 309 g/mol. The van der Waals surface area contributed by atoms with Gasteiger partial charge >= 0.3 is 0 Å². The molecule has 1 aromatic rings. The summed E-state index contributed by atoms with van der Waals surface area (Å²) in [5.41, 5.74) is 0.331. The van der Waals surface area contributed by atoms with Crippen LogP contribution in [0.15, 0.2) is 23.4 Å². The quantitative estimate of drug-likeness (QED) is 0.927. The van der Waals surface area contributed by atoms with E-state index in [1.807, 2.05) is 13.8 Å². The summed E-state index contributed by atoms with van der Waals surface area (Å²) in [4.78, 5) is 27.9. The second-order valence-electron chi connectivity index (χ2n) is 5.23. The Kier molecular flexibility index (Phi) is 4.90. The van der Waals surface area contributed by atoms with E-state index in [-0.39, 0.29) is 17.7 Å². The fraction of sp³-hybridized carbons (Fsp3) is 0.429. The van der Waals surface area contributed by atoms with Gasteiger partial charge in [0, 0.05) is 30.6 Å². The Hall–Kier alpha value is -1.95. The Labute approximate surface area is 128 Å². The van der Waals surface area contributed by atoms with Crippen LogP contribution in [-0.4, -0.2) is 34.1 Å². The van der Waals surface area contributed by atoms with E-state index < -0.39 is 0 Å². The van der Waals surface area contributed by atoms with Gasteiger partial charge in [-0.05, 0) is 18.1 Å². The second kappa shape index (κ2) is 6.67. The molecule has 0 bridgehead atoms. The molecule has 1 N–H and O–H groups in total. The molecule has 1 aliphatic rings. The zero-order valence-corrected chi connectivity index (χ0v) is 12.7. The van der Waals surface area contributed by atoms with Gasteiger partial charge in [0.05, 0.1) is 0 Å². The summed E-state index contributed by atoms with van der Waals surface area (Å²) in [5.74, 6) is 0.240. The molecule has 112 valence electrons. The summed E-state index contributed by atoms with van der Waals surface area (Å²) in [7, 11) is 0. The number of carbonyl (C=O) groups excluding carboxylic acids is 2. The zero-order valence-electron chi connectivity index (χ0n) is 12.0. The van der Waals surface area contributed by atoms with Crippen LogP contribution in [0.4, 0.5) is 5.82 Å². The molecule has 2 rings (SSSR count). The number of amides is 2. The van der Waals surface area contributed by atoms with Crippen molar-refractivity contribution in [2.24, 2.45) is 11.0 Å². The van der Waals surface area contributed by atoms with Gasteiger partial charge in [0.1, 0.15) is 11.5 Å². The number of nitrogens with one attached hydrogen (secondary N) is 1. The fourth-order valence-electron chi connectivity index (χ4n) is 1.91. The topological polar surface area (TPSA) is 74.7 Å². The second-order valence-corrected chi connectivity index (χ2v) is 5.67. The number of hydrogen-bond donors (Lipinski definition) is 1. The molecular formula is C14H17ClN4O2. The minimum Gasteiger partial charge on any atom is -0.305 e. The van der Waals surface area contributed by atoms with Gasteiger partial charge in [-0.1, -0.05) is 25.4 Å². The number of carbonyl (C=O) groups is 2. The van der Waals surface area contributed by atoms with Gasteiger partial charge in [-0.25, -0.2) is 9.99 Å². The Balaban J connectivity index is 2.09. The van der Waals surface area contributed by atoms with E-state index in [1.165, 1.54) is 11.2 Å². The zero-order chi connectivity index (χ0) is 15.4. The Morgan fingerprint density at radius 2 is 2.24 bits per heavy atom. The highest BCUT2D eigenvalue weighted by molar-refractivity contribution is 6.43. The molecule has 0 unspecified atom stereocenters. The first kappa shape index (κ1) is 15.4. The molecule has 0 fully saturated rings. The Bertz CT molecular complexity index is 586. The third kappa shape index (κ3) is 4.26. The van der Waals surface area contributed by atoms with Gasteiger partial charge in [0.15, 0.2) is 0 Å². The maximum absolute atomic E-state index is 12.2. The molecule has 0 radical (unpaired) electrons. The molecule has 21 heavy (non-hydrogen) atoms. The van der Waals surface area contributed by atoms with Gasteiger partial charge < -0.3 is 5.32 Å². The minimum atomic E-state index is -0.356. The van der Waals surface area contributed by atoms with Crippen LogP contribution in [0.1, 0.15) is 26.7 Å². The molecule has 7 heteroatoms. The SMILES string of the molecule is CC(C)CN1N=C(C(=O)Nc2cc(Cl)ccn2)CCC1=O. The minimum absolute atomic E-state index is 0.0545. The maximum Gasteiger partial charge on any atom is 0.273 e. The Morgan fingerprint density at radius 3 is 2.90 bits per heavy atom. The van der Waals surface area contributed by atoms with Gasteiger partial charge in [0.25, 0.3) is 5.91 Å². The third-order valence-corrected chi connectivity index (χ3v) is 3.10. The van der Waals surface area contributed by atoms with Crippen molar-refractivity contribution in [3.8, 4) is 0 Å². The summed E-state index contributed by atoms with van der Waals surface area (Å²) in [6.07, 6.45) is 2.14. The lowest BCUT2D eigenvalue weighted by molar-refractivity contribution is -0.132. The smallest absolute Gasteiger partial charge is 0.273 e. The van der Waals surface area contributed by atoms with E-state index in [0.29, 0.717) is 35.9 Å². The van der Waals surface area contributed by atoms with Crippen molar-refractivity contribution in [3.63, 3.8) is 0 Å². The monoisotopic (exact) mass is 308 g/mol. The van der Waals surface area contributed by atoms with Gasteiger partial charge in [-0.15, -0.1) is 0 Å². The highest BCUT2D eigenvalue weighted by atomic mass is 35.5. The third-order valence-electron chi connectivity index (χ3n) is 2.87. The van der Waals surface area contributed by atoms with Crippen molar-refractivity contribution in [1.82, 2.24) is 9.99 Å². The summed E-state index contributed by atoms with van der Waals surface area (Å²) < 4.78 is 0. The van der Waals surface area contributed by atoms with E-state index in [1.54, 1.807) is 12.1 Å². The molecule has 1 aromatic heterocycles. The van der Waals surface area contributed by atoms with Crippen LogP contribution in [0, 0.1) is 5.92 Å². The number of pyridine rings is 1. The van der Waals surface area contributed by atoms with Crippen molar-refractivity contribution in [3.05, 3.63) is 23.4 Å². The lowest BCUT2D eigenvalue weighted by Crippen LogP contribution is -2.38.